The molecule has 204 valence electrons. The van der Waals surface area contributed by atoms with Crippen LogP contribution in [0.25, 0.3) is 0 Å². The largest absolute Gasteiger partial charge is 0.462 e. The first kappa shape index (κ1) is 26.8. The first-order valence-electron chi connectivity index (χ1n) is 15.1. The molecule has 0 N–H and O–H groups in total. The topological polar surface area (TPSA) is 35.5 Å². The van der Waals surface area contributed by atoms with E-state index in [2.05, 4.69) is 74.5 Å². The van der Waals surface area contributed by atoms with Crippen LogP contribution in [0.4, 0.5) is 0 Å². The van der Waals surface area contributed by atoms with Crippen LogP contribution >= 0.6 is 0 Å². The minimum absolute atomic E-state index is 0.0349. The smallest absolute Gasteiger partial charge is 0.302 e. The van der Waals surface area contributed by atoms with Crippen molar-refractivity contribution in [1.82, 2.24) is 0 Å². The van der Waals surface area contributed by atoms with Crippen molar-refractivity contribution in [1.29, 1.82) is 0 Å². The third-order valence-corrected chi connectivity index (χ3v) is 13.7. The highest BCUT2D eigenvalue weighted by atomic mass is 16.5. The first-order chi connectivity index (χ1) is 16.5. The van der Waals surface area contributed by atoms with Gasteiger partial charge in [-0.15, -0.1) is 0 Å². The van der Waals surface area contributed by atoms with E-state index in [0.29, 0.717) is 34.0 Å². The van der Waals surface area contributed by atoms with Crippen LogP contribution in [0.3, 0.4) is 0 Å². The maximum Gasteiger partial charge on any atom is 0.302 e. The van der Waals surface area contributed by atoms with E-state index >= 15 is 0 Å². The quantitative estimate of drug-likeness (QED) is 0.290. The molecule has 4 saturated carbocycles. The Hall–Kier alpha value is -0.830. The molecule has 3 nitrogen and oxygen atoms in total. The van der Waals surface area contributed by atoms with Gasteiger partial charge in [-0.3, -0.25) is 4.79 Å². The summed E-state index contributed by atoms with van der Waals surface area (Å²) in [6.45, 7) is 23.6. The molecule has 5 rings (SSSR count). The van der Waals surface area contributed by atoms with Gasteiger partial charge in [-0.05, 0) is 111 Å². The fourth-order valence-corrected chi connectivity index (χ4v) is 11.2. The number of hydrogen-bond donors (Lipinski definition) is 0. The molecule has 0 amide bonds. The van der Waals surface area contributed by atoms with Crippen LogP contribution < -0.4 is 0 Å². The maximum atomic E-state index is 11.9. The average Bonchev–Trinajstić information content (AvgIpc) is 3.29. The monoisotopic (exact) mass is 498 g/mol. The summed E-state index contributed by atoms with van der Waals surface area (Å²) in [5.41, 5.74) is 0.793. The van der Waals surface area contributed by atoms with Crippen molar-refractivity contribution < 1.29 is 14.3 Å². The van der Waals surface area contributed by atoms with Crippen LogP contribution in [-0.4, -0.2) is 23.3 Å². The predicted molar refractivity (Wildman–Crippen MR) is 146 cm³/mol. The molecule has 0 spiro atoms. The molecule has 3 heteroatoms. The van der Waals surface area contributed by atoms with Crippen LogP contribution in [0, 0.1) is 51.2 Å². The zero-order valence-electron chi connectivity index (χ0n) is 25.0. The Morgan fingerprint density at radius 2 is 1.47 bits per heavy atom. The van der Waals surface area contributed by atoms with Crippen LogP contribution in [0.2, 0.25) is 0 Å². The summed E-state index contributed by atoms with van der Waals surface area (Å²) in [7, 11) is 0. The van der Waals surface area contributed by atoms with Gasteiger partial charge in [0.05, 0.1) is 11.2 Å². The van der Waals surface area contributed by atoms with E-state index in [-0.39, 0.29) is 28.7 Å². The maximum absolute atomic E-state index is 11.9. The number of fused-ring (bicyclic) bond motifs is 5. The van der Waals surface area contributed by atoms with Gasteiger partial charge < -0.3 is 9.47 Å². The van der Waals surface area contributed by atoms with E-state index in [4.69, 9.17) is 9.47 Å². The number of hydrogen-bond acceptors (Lipinski definition) is 3. The van der Waals surface area contributed by atoms with Crippen LogP contribution in [0.1, 0.15) is 121 Å². The highest BCUT2D eigenvalue weighted by Gasteiger charge is 2.70. The van der Waals surface area contributed by atoms with Gasteiger partial charge in [0.25, 0.3) is 0 Å². The third-order valence-electron chi connectivity index (χ3n) is 13.7. The van der Waals surface area contributed by atoms with Crippen molar-refractivity contribution >= 4 is 5.97 Å². The Kier molecular flexibility index (Phi) is 6.01. The molecule has 0 aromatic rings. The van der Waals surface area contributed by atoms with Crippen LogP contribution in [0.5, 0.6) is 0 Å². The molecule has 1 aliphatic heterocycles. The van der Waals surface area contributed by atoms with Crippen molar-refractivity contribution in [3.05, 3.63) is 12.2 Å². The zero-order valence-corrected chi connectivity index (χ0v) is 25.0. The van der Waals surface area contributed by atoms with E-state index in [1.54, 1.807) is 6.92 Å². The molecule has 0 bridgehead atoms. The molecule has 0 aromatic heterocycles. The molecule has 0 aromatic carbocycles. The molecule has 4 aliphatic carbocycles. The van der Waals surface area contributed by atoms with Crippen molar-refractivity contribution in [2.24, 2.45) is 51.2 Å². The van der Waals surface area contributed by atoms with Gasteiger partial charge >= 0.3 is 5.97 Å². The molecular formula is C33H54O3. The molecule has 0 radical (unpaired) electrons. The Morgan fingerprint density at radius 1 is 0.806 bits per heavy atom. The van der Waals surface area contributed by atoms with Crippen molar-refractivity contribution in [2.45, 2.75) is 138 Å². The number of carbonyl (C=O) groups is 1. The van der Waals surface area contributed by atoms with Gasteiger partial charge in [0.15, 0.2) is 0 Å². The van der Waals surface area contributed by atoms with E-state index < -0.39 is 0 Å². The first-order valence-corrected chi connectivity index (χ1v) is 15.1. The molecule has 10 unspecified atom stereocenters. The lowest BCUT2D eigenvalue weighted by atomic mass is 9.35. The van der Waals surface area contributed by atoms with Crippen LogP contribution in [0.15, 0.2) is 12.2 Å². The third kappa shape index (κ3) is 3.42. The molecule has 10 atom stereocenters. The molecular weight excluding hydrogens is 444 g/mol. The van der Waals surface area contributed by atoms with Crippen molar-refractivity contribution in [3.63, 3.8) is 0 Å². The molecule has 1 heterocycles. The number of ether oxygens (including phenoxy) is 2. The summed E-state index contributed by atoms with van der Waals surface area (Å²) in [6, 6.07) is 0. The Balaban J connectivity index is 1.43. The van der Waals surface area contributed by atoms with E-state index in [9.17, 15) is 4.79 Å². The average molecular weight is 499 g/mol. The molecule has 4 fully saturated rings. The lowest BCUT2D eigenvalue weighted by molar-refractivity contribution is -0.231. The van der Waals surface area contributed by atoms with Gasteiger partial charge in [-0.2, -0.15) is 0 Å². The second kappa shape index (κ2) is 8.09. The van der Waals surface area contributed by atoms with E-state index in [1.165, 1.54) is 44.9 Å². The minimum Gasteiger partial charge on any atom is -0.462 e. The fraction of sp³-hybridized carbons (Fsp3) is 0.909. The summed E-state index contributed by atoms with van der Waals surface area (Å²) in [6.07, 6.45) is 15.0. The molecule has 0 saturated heterocycles. The van der Waals surface area contributed by atoms with Crippen molar-refractivity contribution in [3.8, 4) is 0 Å². The Morgan fingerprint density at radius 3 is 2.08 bits per heavy atom. The predicted octanol–water partition coefficient (Wildman–Crippen LogP) is 8.36. The van der Waals surface area contributed by atoms with Gasteiger partial charge in [0.1, 0.15) is 6.10 Å². The molecule has 5 aliphatic rings. The summed E-state index contributed by atoms with van der Waals surface area (Å²) in [5, 5.41) is 0. The SMILES string of the molecule is CC(=O)OC1CCC2(C)C(CCC3(C)C2CCC2C(C4(C)C=CC(C)(C(C)C)O4)CCC23C)C1(C)C. The van der Waals surface area contributed by atoms with Gasteiger partial charge in [-0.1, -0.05) is 60.6 Å². The highest BCUT2D eigenvalue weighted by Crippen LogP contribution is 2.76. The Bertz CT molecular complexity index is 935. The zero-order chi connectivity index (χ0) is 26.5. The number of esters is 1. The fourth-order valence-electron chi connectivity index (χ4n) is 11.2. The van der Waals surface area contributed by atoms with Gasteiger partial charge in [0, 0.05) is 12.3 Å². The molecule has 36 heavy (non-hydrogen) atoms. The van der Waals surface area contributed by atoms with Crippen molar-refractivity contribution in [2.75, 3.05) is 0 Å². The Labute approximate surface area is 221 Å². The highest BCUT2D eigenvalue weighted by molar-refractivity contribution is 5.66. The summed E-state index contributed by atoms with van der Waals surface area (Å²) in [5.74, 6) is 3.07. The van der Waals surface area contributed by atoms with E-state index in [1.807, 2.05) is 0 Å². The summed E-state index contributed by atoms with van der Waals surface area (Å²) in [4.78, 5) is 11.9. The number of rotatable bonds is 3. The van der Waals surface area contributed by atoms with Gasteiger partial charge in [0.2, 0.25) is 0 Å². The lowest BCUT2D eigenvalue weighted by Crippen LogP contribution is -2.64. The van der Waals surface area contributed by atoms with Crippen LogP contribution in [-0.2, 0) is 14.3 Å². The minimum atomic E-state index is -0.146. The summed E-state index contributed by atoms with van der Waals surface area (Å²) < 4.78 is 12.9. The standard InChI is InChI=1S/C33H54O3/c1-21(2)32(9)19-20-33(10,36-32)24-13-17-30(7)23(24)11-12-26-29(6)16-15-27(35-22(3)34)28(4,5)25(29)14-18-31(26,30)8/h19-21,23-27H,11-18H2,1-10H3. The lowest BCUT2D eigenvalue weighted by Gasteiger charge is -2.70. The summed E-state index contributed by atoms with van der Waals surface area (Å²) >= 11 is 0. The normalized spacial score (nSPS) is 53.6. The number of carbonyl (C=O) groups excluding carboxylic acids is 1. The van der Waals surface area contributed by atoms with Gasteiger partial charge in [-0.25, -0.2) is 0 Å². The van der Waals surface area contributed by atoms with E-state index in [0.717, 1.165) is 18.3 Å². The second-order valence-electron chi connectivity index (χ2n) is 15.7. The second-order valence-corrected chi connectivity index (χ2v) is 15.7.